The number of furan rings is 1. The predicted octanol–water partition coefficient (Wildman–Crippen LogP) is 2.54. The molecule has 1 heterocycles. The normalized spacial score (nSPS) is 12.0. The molecule has 2 aromatic carbocycles. The van der Waals surface area contributed by atoms with Crippen molar-refractivity contribution in [1.82, 2.24) is 5.32 Å². The monoisotopic (exact) mass is 338 g/mol. The van der Waals surface area contributed by atoms with E-state index in [9.17, 15) is 9.59 Å². The molecule has 128 valence electrons. The van der Waals surface area contributed by atoms with Gasteiger partial charge in [-0.3, -0.25) is 9.59 Å². The smallest absolute Gasteiger partial charge is 0.288 e. The number of carbonyl (C=O) groups excluding carboxylic acids is 2. The molecule has 0 fully saturated rings. The van der Waals surface area contributed by atoms with Gasteiger partial charge >= 0.3 is 0 Å². The Morgan fingerprint density at radius 1 is 1.12 bits per heavy atom. The Morgan fingerprint density at radius 3 is 2.48 bits per heavy atom. The fourth-order valence-electron chi connectivity index (χ4n) is 2.73. The van der Waals surface area contributed by atoms with Gasteiger partial charge in [0.1, 0.15) is 11.6 Å². The van der Waals surface area contributed by atoms with E-state index in [4.69, 9.17) is 14.9 Å². The highest BCUT2D eigenvalue weighted by atomic mass is 16.5. The molecule has 0 saturated heterocycles. The van der Waals surface area contributed by atoms with Crippen LogP contribution >= 0.6 is 0 Å². The highest BCUT2D eigenvalue weighted by Gasteiger charge is 2.25. The molecule has 3 aromatic rings. The number of para-hydroxylation sites is 1. The first-order chi connectivity index (χ1) is 12.1. The second kappa shape index (κ2) is 7.19. The summed E-state index contributed by atoms with van der Waals surface area (Å²) in [4.78, 5) is 24.5. The van der Waals surface area contributed by atoms with Crippen LogP contribution in [0.3, 0.4) is 0 Å². The van der Waals surface area contributed by atoms with Gasteiger partial charge in [0.2, 0.25) is 5.91 Å². The molecule has 0 aliphatic heterocycles. The molecule has 2 amide bonds. The number of carbonyl (C=O) groups is 2. The van der Waals surface area contributed by atoms with Gasteiger partial charge in [-0.25, -0.2) is 0 Å². The van der Waals surface area contributed by atoms with Gasteiger partial charge in [-0.15, -0.1) is 0 Å². The Labute approximate surface area is 144 Å². The lowest BCUT2D eigenvalue weighted by Gasteiger charge is -2.15. The number of amides is 2. The van der Waals surface area contributed by atoms with Crippen LogP contribution in [0.4, 0.5) is 0 Å². The third-order valence-corrected chi connectivity index (χ3v) is 3.89. The maximum absolute atomic E-state index is 12.7. The molecule has 25 heavy (non-hydrogen) atoms. The lowest BCUT2D eigenvalue weighted by Crippen LogP contribution is -2.37. The Bertz CT molecular complexity index is 902. The molecule has 1 aromatic heterocycles. The van der Waals surface area contributed by atoms with Crippen LogP contribution in [0.25, 0.3) is 11.0 Å². The lowest BCUT2D eigenvalue weighted by atomic mass is 10.1. The van der Waals surface area contributed by atoms with Crippen LogP contribution in [0, 0.1) is 0 Å². The number of benzene rings is 2. The van der Waals surface area contributed by atoms with Crippen molar-refractivity contribution in [3.63, 3.8) is 0 Å². The number of fused-ring (bicyclic) bond motifs is 1. The van der Waals surface area contributed by atoms with Gasteiger partial charge in [-0.05, 0) is 11.6 Å². The fraction of sp³-hybridized carbons (Fsp3) is 0.158. The van der Waals surface area contributed by atoms with Crippen molar-refractivity contribution in [2.45, 2.75) is 12.6 Å². The van der Waals surface area contributed by atoms with Gasteiger partial charge < -0.3 is 20.2 Å². The van der Waals surface area contributed by atoms with E-state index in [0.29, 0.717) is 16.7 Å². The number of primary amides is 1. The number of methoxy groups -OCH3 is 1. The first-order valence-corrected chi connectivity index (χ1v) is 7.76. The molecule has 3 N–H and O–H groups in total. The van der Waals surface area contributed by atoms with Crippen molar-refractivity contribution < 1.29 is 18.7 Å². The molecule has 0 bridgehead atoms. The molecule has 0 aliphatic rings. The second-order valence-corrected chi connectivity index (χ2v) is 5.56. The Kier molecular flexibility index (Phi) is 4.81. The van der Waals surface area contributed by atoms with Crippen LogP contribution in [0.15, 0.2) is 59.0 Å². The first kappa shape index (κ1) is 16.7. The lowest BCUT2D eigenvalue weighted by molar-refractivity contribution is -0.120. The highest BCUT2D eigenvalue weighted by Crippen LogP contribution is 2.27. The van der Waals surface area contributed by atoms with E-state index in [2.05, 4.69) is 5.32 Å². The topological polar surface area (TPSA) is 94.6 Å². The SMILES string of the molecule is COCc1c(C(=O)N[C@@H](C(N)=O)c2ccccc2)oc2ccccc12. The van der Waals surface area contributed by atoms with E-state index < -0.39 is 17.9 Å². The predicted molar refractivity (Wildman–Crippen MR) is 92.8 cm³/mol. The van der Waals surface area contributed by atoms with Crippen molar-refractivity contribution >= 4 is 22.8 Å². The van der Waals surface area contributed by atoms with Crippen LogP contribution in [0.2, 0.25) is 0 Å². The van der Waals surface area contributed by atoms with Crippen molar-refractivity contribution in [3.8, 4) is 0 Å². The van der Waals surface area contributed by atoms with Gasteiger partial charge in [-0.1, -0.05) is 48.5 Å². The second-order valence-electron chi connectivity index (χ2n) is 5.56. The van der Waals surface area contributed by atoms with Crippen LogP contribution in [0.5, 0.6) is 0 Å². The number of ether oxygens (including phenoxy) is 1. The van der Waals surface area contributed by atoms with Crippen LogP contribution in [-0.2, 0) is 16.1 Å². The van der Waals surface area contributed by atoms with Crippen LogP contribution < -0.4 is 11.1 Å². The molecule has 1 atom stereocenters. The quantitative estimate of drug-likeness (QED) is 0.722. The average molecular weight is 338 g/mol. The third kappa shape index (κ3) is 3.39. The van der Waals surface area contributed by atoms with Gasteiger partial charge in [0.05, 0.1) is 6.61 Å². The van der Waals surface area contributed by atoms with E-state index in [1.54, 1.807) is 37.4 Å². The van der Waals surface area contributed by atoms with Crippen molar-refractivity contribution in [1.29, 1.82) is 0 Å². The van der Waals surface area contributed by atoms with Gasteiger partial charge in [0.15, 0.2) is 5.76 Å². The number of nitrogens with two attached hydrogens (primary N) is 1. The largest absolute Gasteiger partial charge is 0.451 e. The van der Waals surface area contributed by atoms with Gasteiger partial charge in [0, 0.05) is 18.1 Å². The summed E-state index contributed by atoms with van der Waals surface area (Å²) in [5.74, 6) is -1.05. The summed E-state index contributed by atoms with van der Waals surface area (Å²) in [5.41, 5.74) is 7.27. The molecule has 6 nitrogen and oxygen atoms in total. The summed E-state index contributed by atoms with van der Waals surface area (Å²) in [5, 5.41) is 3.44. The van der Waals surface area contributed by atoms with Gasteiger partial charge in [0.25, 0.3) is 5.91 Å². The number of hydrogen-bond acceptors (Lipinski definition) is 4. The number of hydrogen-bond donors (Lipinski definition) is 2. The summed E-state index contributed by atoms with van der Waals surface area (Å²) < 4.78 is 10.9. The van der Waals surface area contributed by atoms with E-state index in [1.807, 2.05) is 24.3 Å². The maximum atomic E-state index is 12.7. The van der Waals surface area contributed by atoms with Crippen LogP contribution in [0.1, 0.15) is 27.7 Å². The zero-order chi connectivity index (χ0) is 17.8. The van der Waals surface area contributed by atoms with E-state index in [0.717, 1.165) is 5.39 Å². The first-order valence-electron chi connectivity index (χ1n) is 7.76. The average Bonchev–Trinajstić information content (AvgIpc) is 2.99. The summed E-state index contributed by atoms with van der Waals surface area (Å²) >= 11 is 0. The molecule has 6 heteroatoms. The van der Waals surface area contributed by atoms with Crippen LogP contribution in [-0.4, -0.2) is 18.9 Å². The molecule has 0 aliphatic carbocycles. The van der Waals surface area contributed by atoms with Crippen molar-refractivity contribution in [2.24, 2.45) is 5.73 Å². The summed E-state index contributed by atoms with van der Waals surface area (Å²) in [6.07, 6.45) is 0. The molecular formula is C19H18N2O4. The van der Waals surface area contributed by atoms with Crippen molar-refractivity contribution in [3.05, 3.63) is 71.5 Å². The highest BCUT2D eigenvalue weighted by molar-refractivity contribution is 6.01. The molecular weight excluding hydrogens is 320 g/mol. The maximum Gasteiger partial charge on any atom is 0.288 e. The molecule has 0 radical (unpaired) electrons. The summed E-state index contributed by atoms with van der Waals surface area (Å²) in [6, 6.07) is 15.2. The zero-order valence-corrected chi connectivity index (χ0v) is 13.7. The third-order valence-electron chi connectivity index (χ3n) is 3.89. The molecule has 3 rings (SSSR count). The molecule has 0 saturated carbocycles. The summed E-state index contributed by atoms with van der Waals surface area (Å²) in [6.45, 7) is 0.215. The minimum Gasteiger partial charge on any atom is -0.451 e. The molecule has 0 unspecified atom stereocenters. The standard InChI is InChI=1S/C19H18N2O4/c1-24-11-14-13-9-5-6-10-15(13)25-17(14)19(23)21-16(18(20)22)12-7-3-2-4-8-12/h2-10,16H,11H2,1H3,(H2,20,22)(H,21,23)/t16-/m1/s1. The summed E-state index contributed by atoms with van der Waals surface area (Å²) in [7, 11) is 1.54. The van der Waals surface area contributed by atoms with Crippen molar-refractivity contribution in [2.75, 3.05) is 7.11 Å². The molecule has 0 spiro atoms. The fourth-order valence-corrected chi connectivity index (χ4v) is 2.73. The minimum absolute atomic E-state index is 0.116. The Morgan fingerprint density at radius 2 is 1.80 bits per heavy atom. The van der Waals surface area contributed by atoms with E-state index >= 15 is 0 Å². The van der Waals surface area contributed by atoms with E-state index in [-0.39, 0.29) is 12.4 Å². The Balaban J connectivity index is 1.96. The zero-order valence-electron chi connectivity index (χ0n) is 13.7. The number of nitrogens with one attached hydrogen (secondary N) is 1. The minimum atomic E-state index is -0.947. The van der Waals surface area contributed by atoms with Gasteiger partial charge in [-0.2, -0.15) is 0 Å². The Hall–Kier alpha value is -3.12. The number of rotatable bonds is 6. The van der Waals surface area contributed by atoms with E-state index in [1.165, 1.54) is 0 Å².